The van der Waals surface area contributed by atoms with E-state index in [1.807, 2.05) is 52.0 Å². The van der Waals surface area contributed by atoms with Crippen LogP contribution in [0.2, 0.25) is 0 Å². The average Bonchev–Trinajstić information content (AvgIpc) is 2.37. The summed E-state index contributed by atoms with van der Waals surface area (Å²) in [6, 6.07) is 7.36. The van der Waals surface area contributed by atoms with Crippen molar-refractivity contribution >= 4 is 29.3 Å². The second-order valence-electron chi connectivity index (χ2n) is 6.52. The van der Waals surface area contributed by atoms with Gasteiger partial charge in [0.25, 0.3) is 0 Å². The molecule has 1 aromatic carbocycles. The molecule has 2 N–H and O–H groups in total. The lowest BCUT2D eigenvalue weighted by Crippen LogP contribution is -2.20. The molecule has 0 aliphatic carbocycles. The van der Waals surface area contributed by atoms with E-state index in [1.54, 1.807) is 0 Å². The third-order valence-corrected chi connectivity index (χ3v) is 4.28. The van der Waals surface area contributed by atoms with Gasteiger partial charge in [0.15, 0.2) is 0 Å². The summed E-state index contributed by atoms with van der Waals surface area (Å²) in [6.45, 7) is 7.99. The molecular formula is C17H25NO3S. The maximum atomic E-state index is 12.1. The Balaban J connectivity index is 2.85. The predicted molar refractivity (Wildman–Crippen MR) is 91.3 cm³/mol. The second-order valence-corrected chi connectivity index (χ2v) is 7.76. The SMILES string of the molecule is CCC[C@H](Sc1ccccc1NC(=O)CC(C)(C)C)C(=O)O. The van der Waals surface area contributed by atoms with E-state index in [0.717, 1.165) is 11.3 Å². The summed E-state index contributed by atoms with van der Waals surface area (Å²) in [5.41, 5.74) is 0.599. The fourth-order valence-electron chi connectivity index (χ4n) is 2.00. The molecule has 0 aliphatic rings. The highest BCUT2D eigenvalue weighted by molar-refractivity contribution is 8.00. The molecule has 0 heterocycles. The largest absolute Gasteiger partial charge is 0.480 e. The lowest BCUT2D eigenvalue weighted by Gasteiger charge is -2.19. The molecule has 1 rings (SSSR count). The lowest BCUT2D eigenvalue weighted by atomic mass is 9.92. The third-order valence-electron chi connectivity index (χ3n) is 2.95. The fourth-order valence-corrected chi connectivity index (χ4v) is 3.16. The standard InChI is InChI=1S/C17H25NO3S/c1-5-8-14(16(20)21)22-13-10-7-6-9-12(13)18-15(19)11-17(2,3)4/h6-7,9-10,14H,5,8,11H2,1-4H3,(H,18,19)(H,20,21)/t14-/m0/s1. The highest BCUT2D eigenvalue weighted by Gasteiger charge is 2.21. The van der Waals surface area contributed by atoms with Gasteiger partial charge in [-0.25, -0.2) is 0 Å². The van der Waals surface area contributed by atoms with E-state index < -0.39 is 11.2 Å². The molecule has 4 nitrogen and oxygen atoms in total. The van der Waals surface area contributed by atoms with E-state index in [2.05, 4.69) is 5.32 Å². The van der Waals surface area contributed by atoms with E-state index in [-0.39, 0.29) is 11.3 Å². The molecule has 0 bridgehead atoms. The van der Waals surface area contributed by atoms with Gasteiger partial charge in [0.2, 0.25) is 5.91 Å². The number of amides is 1. The quantitative estimate of drug-likeness (QED) is 0.730. The van der Waals surface area contributed by atoms with Crippen molar-refractivity contribution in [3.05, 3.63) is 24.3 Å². The average molecular weight is 323 g/mol. The van der Waals surface area contributed by atoms with Crippen LogP contribution in [0.1, 0.15) is 47.0 Å². The van der Waals surface area contributed by atoms with Crippen LogP contribution in [0.25, 0.3) is 0 Å². The van der Waals surface area contributed by atoms with E-state index in [4.69, 9.17) is 0 Å². The van der Waals surface area contributed by atoms with Gasteiger partial charge in [0, 0.05) is 11.3 Å². The molecule has 0 spiro atoms. The van der Waals surface area contributed by atoms with Crippen LogP contribution in [0.4, 0.5) is 5.69 Å². The predicted octanol–water partition coefficient (Wildman–Crippen LogP) is 4.41. The Kier molecular flexibility index (Phi) is 6.94. The molecule has 122 valence electrons. The van der Waals surface area contributed by atoms with Crippen LogP contribution in [0.3, 0.4) is 0 Å². The lowest BCUT2D eigenvalue weighted by molar-refractivity contribution is -0.136. The smallest absolute Gasteiger partial charge is 0.316 e. The number of rotatable bonds is 7. The van der Waals surface area contributed by atoms with Gasteiger partial charge in [0.05, 0.1) is 5.69 Å². The van der Waals surface area contributed by atoms with Gasteiger partial charge >= 0.3 is 5.97 Å². The van der Waals surface area contributed by atoms with Crippen molar-refractivity contribution in [3.8, 4) is 0 Å². The zero-order valence-electron chi connectivity index (χ0n) is 13.7. The molecule has 0 aliphatic heterocycles. The van der Waals surface area contributed by atoms with Gasteiger partial charge in [-0.05, 0) is 24.0 Å². The number of carbonyl (C=O) groups excluding carboxylic acids is 1. The van der Waals surface area contributed by atoms with Gasteiger partial charge in [-0.3, -0.25) is 9.59 Å². The van der Waals surface area contributed by atoms with Crippen molar-refractivity contribution in [1.29, 1.82) is 0 Å². The number of aliphatic carboxylic acids is 1. The summed E-state index contributed by atoms with van der Waals surface area (Å²) in [5.74, 6) is -0.870. The molecule has 0 saturated heterocycles. The second kappa shape index (κ2) is 8.22. The zero-order valence-corrected chi connectivity index (χ0v) is 14.5. The number of hydrogen-bond donors (Lipinski definition) is 2. The van der Waals surface area contributed by atoms with Crippen molar-refractivity contribution in [3.63, 3.8) is 0 Å². The van der Waals surface area contributed by atoms with Crippen molar-refractivity contribution in [2.45, 2.75) is 57.1 Å². The highest BCUT2D eigenvalue weighted by atomic mass is 32.2. The minimum absolute atomic E-state index is 0.0529. The van der Waals surface area contributed by atoms with Crippen LogP contribution in [0, 0.1) is 5.41 Å². The van der Waals surface area contributed by atoms with E-state index >= 15 is 0 Å². The Hall–Kier alpha value is -1.49. The highest BCUT2D eigenvalue weighted by Crippen LogP contribution is 2.33. The number of thioether (sulfide) groups is 1. The molecule has 22 heavy (non-hydrogen) atoms. The van der Waals surface area contributed by atoms with E-state index in [1.165, 1.54) is 11.8 Å². The van der Waals surface area contributed by atoms with Crippen LogP contribution in [0.5, 0.6) is 0 Å². The molecule has 1 aromatic rings. The summed E-state index contributed by atoms with van der Waals surface area (Å²) in [7, 11) is 0. The van der Waals surface area contributed by atoms with Gasteiger partial charge in [-0.2, -0.15) is 0 Å². The summed E-state index contributed by atoms with van der Waals surface area (Å²) >= 11 is 1.29. The fraction of sp³-hybridized carbons (Fsp3) is 0.529. The Morgan fingerprint density at radius 3 is 2.45 bits per heavy atom. The maximum Gasteiger partial charge on any atom is 0.316 e. The molecular weight excluding hydrogens is 298 g/mol. The molecule has 5 heteroatoms. The summed E-state index contributed by atoms with van der Waals surface area (Å²) < 4.78 is 0. The summed E-state index contributed by atoms with van der Waals surface area (Å²) in [4.78, 5) is 24.2. The molecule has 1 amide bonds. The van der Waals surface area contributed by atoms with Crippen LogP contribution >= 0.6 is 11.8 Å². The van der Waals surface area contributed by atoms with E-state index in [9.17, 15) is 14.7 Å². The van der Waals surface area contributed by atoms with Gasteiger partial charge in [0.1, 0.15) is 5.25 Å². The van der Waals surface area contributed by atoms with Crippen molar-refractivity contribution in [1.82, 2.24) is 0 Å². The summed E-state index contributed by atoms with van der Waals surface area (Å²) in [5, 5.41) is 11.7. The number of anilines is 1. The van der Waals surface area contributed by atoms with Crippen LogP contribution in [-0.2, 0) is 9.59 Å². The Labute approximate surface area is 136 Å². The van der Waals surface area contributed by atoms with Crippen LogP contribution in [0.15, 0.2) is 29.2 Å². The first-order chi connectivity index (χ1) is 10.2. The first-order valence-electron chi connectivity index (χ1n) is 7.51. The minimum atomic E-state index is -0.817. The van der Waals surface area contributed by atoms with Crippen molar-refractivity contribution in [2.24, 2.45) is 5.41 Å². The Morgan fingerprint density at radius 2 is 1.91 bits per heavy atom. The Morgan fingerprint density at radius 1 is 1.27 bits per heavy atom. The van der Waals surface area contributed by atoms with Crippen LogP contribution < -0.4 is 5.32 Å². The molecule has 1 atom stereocenters. The van der Waals surface area contributed by atoms with Crippen molar-refractivity contribution in [2.75, 3.05) is 5.32 Å². The number of nitrogens with one attached hydrogen (secondary N) is 1. The normalized spacial score (nSPS) is 12.7. The molecule has 0 fully saturated rings. The molecule has 0 unspecified atom stereocenters. The minimum Gasteiger partial charge on any atom is -0.480 e. The topological polar surface area (TPSA) is 66.4 Å². The third kappa shape index (κ3) is 6.52. The number of benzene rings is 1. The van der Waals surface area contributed by atoms with Crippen LogP contribution in [-0.4, -0.2) is 22.2 Å². The summed E-state index contributed by atoms with van der Waals surface area (Å²) in [6.07, 6.45) is 1.83. The number of carbonyl (C=O) groups is 2. The zero-order chi connectivity index (χ0) is 16.8. The number of carboxylic acid groups (broad SMARTS) is 1. The van der Waals surface area contributed by atoms with Gasteiger partial charge < -0.3 is 10.4 Å². The number of para-hydroxylation sites is 1. The Bertz CT molecular complexity index is 523. The first-order valence-corrected chi connectivity index (χ1v) is 8.39. The number of carboxylic acids is 1. The molecule has 0 radical (unpaired) electrons. The number of hydrogen-bond acceptors (Lipinski definition) is 3. The first kappa shape index (κ1) is 18.6. The molecule has 0 aromatic heterocycles. The van der Waals surface area contributed by atoms with E-state index in [0.29, 0.717) is 18.5 Å². The van der Waals surface area contributed by atoms with Gasteiger partial charge in [-0.15, -0.1) is 11.8 Å². The van der Waals surface area contributed by atoms with Gasteiger partial charge in [-0.1, -0.05) is 46.2 Å². The maximum absolute atomic E-state index is 12.1. The molecule has 0 saturated carbocycles. The monoisotopic (exact) mass is 323 g/mol. The van der Waals surface area contributed by atoms with Crippen molar-refractivity contribution < 1.29 is 14.7 Å².